The molecule has 1 aliphatic rings. The van der Waals surface area contributed by atoms with Crippen molar-refractivity contribution in [3.05, 3.63) is 29.6 Å². The van der Waals surface area contributed by atoms with Crippen LogP contribution in [-0.4, -0.2) is 65.0 Å². The van der Waals surface area contributed by atoms with Crippen molar-refractivity contribution in [1.29, 1.82) is 0 Å². The molecule has 6 nitrogen and oxygen atoms in total. The van der Waals surface area contributed by atoms with E-state index in [9.17, 15) is 9.59 Å². The second-order valence-electron chi connectivity index (χ2n) is 4.76. The number of aliphatic hydroxyl groups is 1. The number of carbonyl (C=O) groups is 2. The number of rotatable bonds is 1. The van der Waals surface area contributed by atoms with Gasteiger partial charge in [-0.05, 0) is 18.6 Å². The maximum absolute atomic E-state index is 12.6. The molecule has 0 spiro atoms. The van der Waals surface area contributed by atoms with Crippen LogP contribution < -0.4 is 0 Å². The molecule has 1 fully saturated rings. The lowest BCUT2D eigenvalue weighted by atomic mass is 10.1. The first-order valence-corrected chi connectivity index (χ1v) is 6.71. The maximum atomic E-state index is 12.6. The van der Waals surface area contributed by atoms with Crippen molar-refractivity contribution in [3.63, 3.8) is 0 Å². The summed E-state index contributed by atoms with van der Waals surface area (Å²) >= 11 is 0. The highest BCUT2D eigenvalue weighted by Crippen LogP contribution is 2.11. The van der Waals surface area contributed by atoms with Crippen molar-refractivity contribution in [2.45, 2.75) is 6.42 Å². The van der Waals surface area contributed by atoms with E-state index in [4.69, 9.17) is 5.11 Å². The summed E-state index contributed by atoms with van der Waals surface area (Å²) in [6, 6.07) is 3.36. The Hall–Kier alpha value is -2.39. The molecule has 0 unspecified atom stereocenters. The molecule has 0 radical (unpaired) electrons. The van der Waals surface area contributed by atoms with Gasteiger partial charge in [0, 0.05) is 26.3 Å². The molecule has 1 aromatic heterocycles. The van der Waals surface area contributed by atoms with Crippen molar-refractivity contribution in [2.75, 3.05) is 33.3 Å². The highest BCUT2D eigenvalue weighted by Gasteiger charge is 2.25. The molecule has 1 aromatic rings. The standard InChI is InChI=1S/C15H17N3O3/c1-17-8-4-9-18(11-13(17)20)15(21)14-12(6-3-10-19)5-2-7-16-14/h2,5,7,19H,4,8-11H2,1H3. The van der Waals surface area contributed by atoms with Crippen LogP contribution in [0.2, 0.25) is 0 Å². The van der Waals surface area contributed by atoms with E-state index in [1.54, 1.807) is 24.1 Å². The Morgan fingerprint density at radius 3 is 3.05 bits per heavy atom. The van der Waals surface area contributed by atoms with Crippen LogP contribution in [0.5, 0.6) is 0 Å². The molecule has 0 aliphatic carbocycles. The summed E-state index contributed by atoms with van der Waals surface area (Å²) in [6.07, 6.45) is 2.25. The average Bonchev–Trinajstić information content (AvgIpc) is 2.67. The quantitative estimate of drug-likeness (QED) is 0.722. The predicted molar refractivity (Wildman–Crippen MR) is 76.4 cm³/mol. The zero-order valence-corrected chi connectivity index (χ0v) is 11.9. The second kappa shape index (κ2) is 6.86. The van der Waals surface area contributed by atoms with E-state index in [0.29, 0.717) is 18.7 Å². The zero-order chi connectivity index (χ0) is 15.2. The van der Waals surface area contributed by atoms with Crippen LogP contribution in [0, 0.1) is 11.8 Å². The van der Waals surface area contributed by atoms with Gasteiger partial charge >= 0.3 is 0 Å². The second-order valence-corrected chi connectivity index (χ2v) is 4.76. The van der Waals surface area contributed by atoms with E-state index < -0.39 is 0 Å². The normalized spacial score (nSPS) is 15.2. The SMILES string of the molecule is CN1CCCN(C(=O)c2ncccc2C#CCO)CC1=O. The number of likely N-dealkylation sites (N-methyl/N-ethyl adjacent to an activating group) is 1. The van der Waals surface area contributed by atoms with Crippen molar-refractivity contribution in [2.24, 2.45) is 0 Å². The van der Waals surface area contributed by atoms with Crippen LogP contribution in [-0.2, 0) is 4.79 Å². The van der Waals surface area contributed by atoms with E-state index in [1.165, 1.54) is 11.1 Å². The van der Waals surface area contributed by atoms with Gasteiger partial charge < -0.3 is 14.9 Å². The van der Waals surface area contributed by atoms with E-state index >= 15 is 0 Å². The highest BCUT2D eigenvalue weighted by atomic mass is 16.2. The van der Waals surface area contributed by atoms with Gasteiger partial charge in [-0.2, -0.15) is 0 Å². The smallest absolute Gasteiger partial charge is 0.274 e. The molecule has 1 N–H and O–H groups in total. The van der Waals surface area contributed by atoms with Gasteiger partial charge in [0.2, 0.25) is 5.91 Å². The molecule has 2 amide bonds. The van der Waals surface area contributed by atoms with Gasteiger partial charge in [0.25, 0.3) is 5.91 Å². The monoisotopic (exact) mass is 287 g/mol. The number of aromatic nitrogens is 1. The molecule has 1 saturated heterocycles. The first-order chi connectivity index (χ1) is 10.1. The van der Waals surface area contributed by atoms with Crippen LogP contribution in [0.4, 0.5) is 0 Å². The topological polar surface area (TPSA) is 73.7 Å². The van der Waals surface area contributed by atoms with Gasteiger partial charge in [0.1, 0.15) is 18.8 Å². The number of hydrogen-bond donors (Lipinski definition) is 1. The van der Waals surface area contributed by atoms with Gasteiger partial charge in [0.05, 0.1) is 5.56 Å². The summed E-state index contributed by atoms with van der Waals surface area (Å²) < 4.78 is 0. The molecular formula is C15H17N3O3. The van der Waals surface area contributed by atoms with E-state index in [0.717, 1.165) is 6.42 Å². The fourth-order valence-corrected chi connectivity index (χ4v) is 2.12. The van der Waals surface area contributed by atoms with Crippen molar-refractivity contribution in [1.82, 2.24) is 14.8 Å². The lowest BCUT2D eigenvalue weighted by Gasteiger charge is -2.19. The highest BCUT2D eigenvalue weighted by molar-refractivity contribution is 5.97. The molecule has 21 heavy (non-hydrogen) atoms. The Balaban J connectivity index is 2.25. The molecule has 2 heterocycles. The van der Waals surface area contributed by atoms with Crippen molar-refractivity contribution in [3.8, 4) is 11.8 Å². The van der Waals surface area contributed by atoms with Gasteiger partial charge in [0.15, 0.2) is 0 Å². The molecule has 2 rings (SSSR count). The lowest BCUT2D eigenvalue weighted by Crippen LogP contribution is -2.38. The van der Waals surface area contributed by atoms with Crippen LogP contribution in [0.3, 0.4) is 0 Å². The number of hydrogen-bond acceptors (Lipinski definition) is 4. The fourth-order valence-electron chi connectivity index (χ4n) is 2.12. The Kier molecular flexibility index (Phi) is 4.90. The first kappa shape index (κ1) is 15.0. The summed E-state index contributed by atoms with van der Waals surface area (Å²) in [6.45, 7) is 0.925. The average molecular weight is 287 g/mol. The Labute approximate surface area is 123 Å². The first-order valence-electron chi connectivity index (χ1n) is 6.71. The van der Waals surface area contributed by atoms with Crippen LogP contribution in [0.1, 0.15) is 22.5 Å². The minimum absolute atomic E-state index is 0.0543. The lowest BCUT2D eigenvalue weighted by molar-refractivity contribution is -0.129. The van der Waals surface area contributed by atoms with Gasteiger partial charge in [-0.15, -0.1) is 0 Å². The summed E-state index contributed by atoms with van der Waals surface area (Å²) in [7, 11) is 1.73. The minimum Gasteiger partial charge on any atom is -0.384 e. The molecule has 0 aromatic carbocycles. The Bertz CT molecular complexity index is 604. The van der Waals surface area contributed by atoms with Gasteiger partial charge in [-0.25, -0.2) is 4.98 Å². The molecule has 0 bridgehead atoms. The Morgan fingerprint density at radius 2 is 2.29 bits per heavy atom. The number of amides is 2. The third-order valence-electron chi connectivity index (χ3n) is 3.27. The number of carbonyl (C=O) groups excluding carboxylic acids is 2. The van der Waals surface area contributed by atoms with Crippen LogP contribution in [0.25, 0.3) is 0 Å². The van der Waals surface area contributed by atoms with Crippen molar-refractivity contribution < 1.29 is 14.7 Å². The third-order valence-corrected chi connectivity index (χ3v) is 3.27. The van der Waals surface area contributed by atoms with E-state index in [1.807, 2.05) is 0 Å². The summed E-state index contributed by atoms with van der Waals surface area (Å²) in [4.78, 5) is 31.6. The van der Waals surface area contributed by atoms with E-state index in [2.05, 4.69) is 16.8 Å². The minimum atomic E-state index is -0.304. The summed E-state index contributed by atoms with van der Waals surface area (Å²) in [5.74, 6) is 4.84. The predicted octanol–water partition coefficient (Wildman–Crippen LogP) is -0.270. The number of nitrogens with zero attached hydrogens (tertiary/aromatic N) is 3. The zero-order valence-electron chi connectivity index (χ0n) is 11.9. The van der Waals surface area contributed by atoms with E-state index in [-0.39, 0.29) is 30.7 Å². The number of pyridine rings is 1. The van der Waals surface area contributed by atoms with Gasteiger partial charge in [-0.3, -0.25) is 9.59 Å². The molecular weight excluding hydrogens is 270 g/mol. The molecule has 1 aliphatic heterocycles. The van der Waals surface area contributed by atoms with Gasteiger partial charge in [-0.1, -0.05) is 11.8 Å². The Morgan fingerprint density at radius 1 is 1.48 bits per heavy atom. The third kappa shape index (κ3) is 3.58. The van der Waals surface area contributed by atoms with Crippen molar-refractivity contribution >= 4 is 11.8 Å². The fraction of sp³-hybridized carbons (Fsp3) is 0.400. The molecule has 0 atom stereocenters. The number of aliphatic hydroxyl groups excluding tert-OH is 1. The summed E-state index contributed by atoms with van der Waals surface area (Å²) in [5, 5.41) is 8.77. The summed E-state index contributed by atoms with van der Waals surface area (Å²) in [5.41, 5.74) is 0.678. The molecule has 0 saturated carbocycles. The maximum Gasteiger partial charge on any atom is 0.274 e. The molecule has 6 heteroatoms. The van der Waals surface area contributed by atoms with Crippen LogP contribution >= 0.6 is 0 Å². The van der Waals surface area contributed by atoms with Crippen LogP contribution in [0.15, 0.2) is 18.3 Å². The largest absolute Gasteiger partial charge is 0.384 e. The molecule has 110 valence electrons.